The number of carbonyl (C=O) groups excluding carboxylic acids is 1. The highest BCUT2D eigenvalue weighted by atomic mass is 35.5. The minimum Gasteiger partial charge on any atom is -0.349 e. The highest BCUT2D eigenvalue weighted by Gasteiger charge is 2.33. The molecule has 23 heavy (non-hydrogen) atoms. The molecule has 3 N–H and O–H groups in total. The van der Waals surface area contributed by atoms with Crippen molar-refractivity contribution in [2.45, 2.75) is 33.2 Å². The topological polar surface area (TPSA) is 80.9 Å². The lowest BCUT2D eigenvalue weighted by Gasteiger charge is -2.28. The molecule has 7 heteroatoms. The molecule has 1 amide bonds. The molecule has 0 unspecified atom stereocenters. The van der Waals surface area contributed by atoms with E-state index in [0.29, 0.717) is 13.1 Å². The molecule has 0 radical (unpaired) electrons. The minimum absolute atomic E-state index is 0. The third kappa shape index (κ3) is 4.50. The molecule has 1 heterocycles. The van der Waals surface area contributed by atoms with Crippen LogP contribution < -0.4 is 11.1 Å². The monoisotopic (exact) mass is 354 g/mol. The first-order chi connectivity index (χ1) is 10.6. The Morgan fingerprint density at radius 2 is 1.87 bits per heavy atom. The number of rotatable bonds is 7. The summed E-state index contributed by atoms with van der Waals surface area (Å²) in [6.07, 6.45) is 1.47. The van der Waals surface area contributed by atoms with Gasteiger partial charge in [0, 0.05) is 12.1 Å². The Morgan fingerprint density at radius 3 is 2.43 bits per heavy atom. The number of nitrogens with zero attached hydrogens (tertiary/aromatic N) is 2. The zero-order chi connectivity index (χ0) is 16.0. The van der Waals surface area contributed by atoms with Crippen molar-refractivity contribution in [1.82, 2.24) is 15.5 Å². The smallest absolute Gasteiger partial charge is 0.227 e. The van der Waals surface area contributed by atoms with Crippen LogP contribution >= 0.6 is 23.7 Å². The first kappa shape index (κ1) is 19.5. The Kier molecular flexibility index (Phi) is 7.61. The lowest BCUT2D eigenvalue weighted by atomic mass is 9.81. The zero-order valence-electron chi connectivity index (χ0n) is 13.4. The van der Waals surface area contributed by atoms with Crippen LogP contribution in [0.15, 0.2) is 30.3 Å². The Labute approximate surface area is 147 Å². The average Bonchev–Trinajstić information content (AvgIpc) is 3.05. The summed E-state index contributed by atoms with van der Waals surface area (Å²) >= 11 is 1.49. The van der Waals surface area contributed by atoms with Crippen molar-refractivity contribution in [2.24, 2.45) is 11.1 Å². The molecule has 5 nitrogen and oxygen atoms in total. The predicted molar refractivity (Wildman–Crippen MR) is 96.5 cm³/mol. The van der Waals surface area contributed by atoms with Crippen LogP contribution in [-0.4, -0.2) is 22.6 Å². The van der Waals surface area contributed by atoms with Crippen molar-refractivity contribution in [3.63, 3.8) is 0 Å². The fourth-order valence-corrected chi connectivity index (χ4v) is 3.10. The van der Waals surface area contributed by atoms with Crippen LogP contribution in [0.4, 0.5) is 0 Å². The van der Waals surface area contributed by atoms with E-state index in [1.54, 1.807) is 0 Å². The molecule has 0 bridgehead atoms. The Bertz CT molecular complexity index is 605. The van der Waals surface area contributed by atoms with Crippen LogP contribution in [0.1, 0.15) is 31.7 Å². The van der Waals surface area contributed by atoms with E-state index in [1.807, 2.05) is 44.2 Å². The highest BCUT2D eigenvalue weighted by molar-refractivity contribution is 7.14. The molecule has 1 aromatic carbocycles. The molecule has 0 aliphatic rings. The van der Waals surface area contributed by atoms with E-state index in [4.69, 9.17) is 5.73 Å². The second-order valence-corrected chi connectivity index (χ2v) is 6.30. The summed E-state index contributed by atoms with van der Waals surface area (Å²) in [4.78, 5) is 12.4. The van der Waals surface area contributed by atoms with Gasteiger partial charge in [-0.05, 0) is 12.8 Å². The van der Waals surface area contributed by atoms with Gasteiger partial charge in [-0.1, -0.05) is 55.5 Å². The van der Waals surface area contributed by atoms with E-state index >= 15 is 0 Å². The van der Waals surface area contributed by atoms with Gasteiger partial charge in [0.2, 0.25) is 5.91 Å². The number of aromatic nitrogens is 2. The van der Waals surface area contributed by atoms with Crippen LogP contribution in [0, 0.1) is 5.41 Å². The number of nitrogens with two attached hydrogens (primary N) is 1. The largest absolute Gasteiger partial charge is 0.349 e. The Balaban J connectivity index is 0.00000264. The van der Waals surface area contributed by atoms with Crippen LogP contribution in [0.25, 0.3) is 10.6 Å². The van der Waals surface area contributed by atoms with Crippen molar-refractivity contribution < 1.29 is 4.79 Å². The maximum atomic E-state index is 12.4. The number of hydrogen-bond acceptors (Lipinski definition) is 5. The molecule has 0 spiro atoms. The minimum atomic E-state index is -0.479. The van der Waals surface area contributed by atoms with Crippen LogP contribution in [0.5, 0.6) is 0 Å². The lowest BCUT2D eigenvalue weighted by molar-refractivity contribution is -0.131. The van der Waals surface area contributed by atoms with E-state index in [0.717, 1.165) is 28.4 Å². The van der Waals surface area contributed by atoms with Gasteiger partial charge in [0.15, 0.2) is 0 Å². The zero-order valence-corrected chi connectivity index (χ0v) is 15.0. The summed E-state index contributed by atoms with van der Waals surface area (Å²) in [5, 5.41) is 12.9. The fraction of sp³-hybridized carbons (Fsp3) is 0.438. The second kappa shape index (κ2) is 8.96. The molecule has 1 aromatic heterocycles. The third-order valence-corrected chi connectivity index (χ3v) is 5.09. The Hall–Kier alpha value is -1.50. The van der Waals surface area contributed by atoms with E-state index in [1.165, 1.54) is 11.3 Å². The van der Waals surface area contributed by atoms with Gasteiger partial charge in [-0.15, -0.1) is 22.6 Å². The van der Waals surface area contributed by atoms with Crippen molar-refractivity contribution in [2.75, 3.05) is 6.54 Å². The number of nitrogens with one attached hydrogen (secondary N) is 1. The van der Waals surface area contributed by atoms with Gasteiger partial charge in [-0.25, -0.2) is 0 Å². The van der Waals surface area contributed by atoms with Crippen LogP contribution in [-0.2, 0) is 11.3 Å². The molecular weight excluding hydrogens is 332 g/mol. The van der Waals surface area contributed by atoms with Gasteiger partial charge in [0.25, 0.3) is 0 Å². The van der Waals surface area contributed by atoms with E-state index in [2.05, 4.69) is 15.5 Å². The summed E-state index contributed by atoms with van der Waals surface area (Å²) in [7, 11) is 0. The van der Waals surface area contributed by atoms with Gasteiger partial charge in [-0.3, -0.25) is 4.79 Å². The normalized spacial score (nSPS) is 10.9. The summed E-state index contributed by atoms with van der Waals surface area (Å²) < 4.78 is 0. The Morgan fingerprint density at radius 1 is 1.22 bits per heavy atom. The summed E-state index contributed by atoms with van der Waals surface area (Å²) in [5.74, 6) is -0.00328. The summed E-state index contributed by atoms with van der Waals surface area (Å²) in [6, 6.07) is 9.90. The quantitative estimate of drug-likeness (QED) is 0.800. The second-order valence-electron chi connectivity index (χ2n) is 5.24. The van der Waals surface area contributed by atoms with Crippen molar-refractivity contribution >= 4 is 29.7 Å². The molecule has 2 aromatic rings. The van der Waals surface area contributed by atoms with Crippen molar-refractivity contribution in [3.8, 4) is 10.6 Å². The standard InChI is InChI=1S/C16H22N4OS.ClH/c1-3-16(4-2,11-17)15(21)18-10-13-19-20-14(22-13)12-8-6-5-7-9-12;/h5-9H,3-4,10-11,17H2,1-2H3,(H,18,21);1H. The van der Waals surface area contributed by atoms with Gasteiger partial charge in [0.1, 0.15) is 10.0 Å². The number of carbonyl (C=O) groups is 1. The molecule has 0 atom stereocenters. The molecule has 0 fully saturated rings. The van der Waals surface area contributed by atoms with Gasteiger partial charge in [0.05, 0.1) is 12.0 Å². The molecule has 0 aliphatic heterocycles. The first-order valence-electron chi connectivity index (χ1n) is 7.51. The third-order valence-electron chi connectivity index (χ3n) is 4.11. The van der Waals surface area contributed by atoms with Gasteiger partial charge in [-0.2, -0.15) is 0 Å². The maximum Gasteiger partial charge on any atom is 0.227 e. The molecule has 2 rings (SSSR count). The SMILES string of the molecule is CCC(CC)(CN)C(=O)NCc1nnc(-c2ccccc2)s1.Cl. The van der Waals surface area contributed by atoms with Crippen molar-refractivity contribution in [1.29, 1.82) is 0 Å². The molecule has 0 saturated heterocycles. The van der Waals surface area contributed by atoms with E-state index in [-0.39, 0.29) is 18.3 Å². The summed E-state index contributed by atoms with van der Waals surface area (Å²) in [6.45, 7) is 4.74. The number of amides is 1. The molecule has 0 saturated carbocycles. The summed E-state index contributed by atoms with van der Waals surface area (Å²) in [5.41, 5.74) is 6.35. The number of halogens is 1. The fourth-order valence-electron chi connectivity index (χ4n) is 2.32. The highest BCUT2D eigenvalue weighted by Crippen LogP contribution is 2.26. The molecule has 0 aliphatic carbocycles. The molecular formula is C16H23ClN4OS. The molecule has 126 valence electrons. The maximum absolute atomic E-state index is 12.4. The number of benzene rings is 1. The van der Waals surface area contributed by atoms with Crippen molar-refractivity contribution in [3.05, 3.63) is 35.3 Å². The average molecular weight is 355 g/mol. The van der Waals surface area contributed by atoms with E-state index < -0.39 is 5.41 Å². The van der Waals surface area contributed by atoms with Crippen LogP contribution in [0.2, 0.25) is 0 Å². The number of hydrogen-bond donors (Lipinski definition) is 2. The first-order valence-corrected chi connectivity index (χ1v) is 8.33. The van der Waals surface area contributed by atoms with Gasteiger partial charge < -0.3 is 11.1 Å². The van der Waals surface area contributed by atoms with E-state index in [9.17, 15) is 4.79 Å². The van der Waals surface area contributed by atoms with Crippen LogP contribution in [0.3, 0.4) is 0 Å². The van der Waals surface area contributed by atoms with Gasteiger partial charge >= 0.3 is 0 Å². The predicted octanol–water partition coefficient (Wildman–Crippen LogP) is 3.01. The lowest BCUT2D eigenvalue weighted by Crippen LogP contribution is -2.45.